The fourth-order valence-corrected chi connectivity index (χ4v) is 3.18. The number of hydrogen-bond donors (Lipinski definition) is 1. The Balaban J connectivity index is 1.85. The molecule has 2 aromatic carbocycles. The molecular formula is C20H22N2O5. The standard InChI is InChI=1S/C20H22N2O5/c1-25-15-11-13(12-16(26-2)19(15)27-3)20(24)21-17-9-10-18(23)22(17)14-7-5-4-6-8-14/h4-8,11-12,17H,9-10H2,1-3H3,(H,21,24)/t17-/m0/s1. The first kappa shape index (κ1) is 18.6. The van der Waals surface area contributed by atoms with E-state index in [2.05, 4.69) is 5.32 Å². The van der Waals surface area contributed by atoms with Crippen LogP contribution in [0.4, 0.5) is 5.69 Å². The van der Waals surface area contributed by atoms with Gasteiger partial charge in [-0.1, -0.05) is 18.2 Å². The van der Waals surface area contributed by atoms with Gasteiger partial charge in [0.1, 0.15) is 6.17 Å². The molecular weight excluding hydrogens is 348 g/mol. The SMILES string of the molecule is COc1cc(C(=O)N[C@@H]2CCC(=O)N2c2ccccc2)cc(OC)c1OC. The van der Waals surface area contributed by atoms with Gasteiger partial charge in [0.25, 0.3) is 5.91 Å². The van der Waals surface area contributed by atoms with Crippen LogP contribution in [0.1, 0.15) is 23.2 Å². The molecule has 0 radical (unpaired) electrons. The van der Waals surface area contributed by atoms with E-state index in [0.29, 0.717) is 35.7 Å². The lowest BCUT2D eigenvalue weighted by molar-refractivity contribution is -0.117. The summed E-state index contributed by atoms with van der Waals surface area (Å²) in [6, 6.07) is 12.5. The van der Waals surface area contributed by atoms with Crippen molar-refractivity contribution in [3.05, 3.63) is 48.0 Å². The highest BCUT2D eigenvalue weighted by Gasteiger charge is 2.33. The van der Waals surface area contributed by atoms with E-state index in [1.54, 1.807) is 17.0 Å². The monoisotopic (exact) mass is 370 g/mol. The maximum atomic E-state index is 12.8. The molecule has 2 aromatic rings. The van der Waals surface area contributed by atoms with Crippen molar-refractivity contribution >= 4 is 17.5 Å². The third-order valence-electron chi connectivity index (χ3n) is 4.47. The average Bonchev–Trinajstić information content (AvgIpc) is 3.07. The summed E-state index contributed by atoms with van der Waals surface area (Å²) in [5.41, 5.74) is 1.12. The van der Waals surface area contributed by atoms with Crippen LogP contribution >= 0.6 is 0 Å². The van der Waals surface area contributed by atoms with Gasteiger partial charge in [-0.25, -0.2) is 0 Å². The van der Waals surface area contributed by atoms with Crippen LogP contribution in [0, 0.1) is 0 Å². The largest absolute Gasteiger partial charge is 0.493 e. The Hall–Kier alpha value is -3.22. The first-order valence-electron chi connectivity index (χ1n) is 8.57. The third kappa shape index (κ3) is 3.67. The van der Waals surface area contributed by atoms with Crippen LogP contribution in [0.25, 0.3) is 0 Å². The fourth-order valence-electron chi connectivity index (χ4n) is 3.18. The van der Waals surface area contributed by atoms with Gasteiger partial charge < -0.3 is 19.5 Å². The van der Waals surface area contributed by atoms with Crippen LogP contribution in [0.2, 0.25) is 0 Å². The number of carbonyl (C=O) groups excluding carboxylic acids is 2. The number of carbonyl (C=O) groups is 2. The zero-order valence-corrected chi connectivity index (χ0v) is 15.5. The molecule has 0 saturated carbocycles. The minimum Gasteiger partial charge on any atom is -0.493 e. The second-order valence-corrected chi connectivity index (χ2v) is 6.04. The second-order valence-electron chi connectivity index (χ2n) is 6.04. The molecule has 1 aliphatic heterocycles. The van der Waals surface area contributed by atoms with E-state index in [1.807, 2.05) is 30.3 Å². The predicted molar refractivity (Wildman–Crippen MR) is 101 cm³/mol. The molecule has 1 aliphatic rings. The van der Waals surface area contributed by atoms with Crippen molar-refractivity contribution in [3.8, 4) is 17.2 Å². The molecule has 142 valence electrons. The van der Waals surface area contributed by atoms with Crippen LogP contribution in [0.5, 0.6) is 17.2 Å². The Morgan fingerprint density at radius 1 is 1.04 bits per heavy atom. The van der Waals surface area contributed by atoms with Gasteiger partial charge in [0.15, 0.2) is 11.5 Å². The van der Waals surface area contributed by atoms with Crippen molar-refractivity contribution < 1.29 is 23.8 Å². The molecule has 7 nitrogen and oxygen atoms in total. The minimum absolute atomic E-state index is 0.0172. The minimum atomic E-state index is -0.411. The number of rotatable bonds is 6. The van der Waals surface area contributed by atoms with Gasteiger partial charge in [-0.2, -0.15) is 0 Å². The molecule has 1 N–H and O–H groups in total. The lowest BCUT2D eigenvalue weighted by atomic mass is 10.1. The number of amides is 2. The highest BCUT2D eigenvalue weighted by Crippen LogP contribution is 2.38. The van der Waals surface area contributed by atoms with E-state index >= 15 is 0 Å². The fraction of sp³-hybridized carbons (Fsp3) is 0.300. The maximum Gasteiger partial charge on any atom is 0.253 e. The zero-order chi connectivity index (χ0) is 19.4. The van der Waals surface area contributed by atoms with Gasteiger partial charge >= 0.3 is 0 Å². The molecule has 0 aromatic heterocycles. The van der Waals surface area contributed by atoms with Crippen molar-refractivity contribution in [1.82, 2.24) is 5.32 Å². The second kappa shape index (κ2) is 7.99. The Morgan fingerprint density at radius 3 is 2.22 bits per heavy atom. The van der Waals surface area contributed by atoms with Gasteiger partial charge in [0.05, 0.1) is 21.3 Å². The smallest absolute Gasteiger partial charge is 0.253 e. The van der Waals surface area contributed by atoms with E-state index in [0.717, 1.165) is 5.69 Å². The van der Waals surface area contributed by atoms with Crippen LogP contribution in [0.3, 0.4) is 0 Å². The summed E-state index contributed by atoms with van der Waals surface area (Å²) in [7, 11) is 4.49. The average molecular weight is 370 g/mol. The normalized spacial score (nSPS) is 16.2. The summed E-state index contributed by atoms with van der Waals surface area (Å²) in [6.07, 6.45) is 0.519. The Morgan fingerprint density at radius 2 is 1.67 bits per heavy atom. The summed E-state index contributed by atoms with van der Waals surface area (Å²) in [5, 5.41) is 2.93. The van der Waals surface area contributed by atoms with Crippen molar-refractivity contribution in [2.45, 2.75) is 19.0 Å². The van der Waals surface area contributed by atoms with Gasteiger partial charge in [-0.3, -0.25) is 14.5 Å². The summed E-state index contributed by atoms with van der Waals surface area (Å²) in [5.74, 6) is 0.860. The highest BCUT2D eigenvalue weighted by molar-refractivity contribution is 6.00. The number of nitrogens with one attached hydrogen (secondary N) is 1. The number of para-hydroxylation sites is 1. The molecule has 1 atom stereocenters. The maximum absolute atomic E-state index is 12.8. The summed E-state index contributed by atoms with van der Waals surface area (Å²) in [6.45, 7) is 0. The Labute approximate surface area is 157 Å². The van der Waals surface area contributed by atoms with Crippen LogP contribution in [-0.4, -0.2) is 39.3 Å². The molecule has 27 heavy (non-hydrogen) atoms. The first-order chi connectivity index (χ1) is 13.1. The first-order valence-corrected chi connectivity index (χ1v) is 8.57. The van der Waals surface area contributed by atoms with Gasteiger partial charge in [-0.15, -0.1) is 0 Å². The van der Waals surface area contributed by atoms with Crippen LogP contribution in [0.15, 0.2) is 42.5 Å². The molecule has 0 aliphatic carbocycles. The lowest BCUT2D eigenvalue weighted by Gasteiger charge is -2.26. The lowest BCUT2D eigenvalue weighted by Crippen LogP contribution is -2.46. The molecule has 2 amide bonds. The molecule has 1 heterocycles. The number of hydrogen-bond acceptors (Lipinski definition) is 5. The zero-order valence-electron chi connectivity index (χ0n) is 15.5. The van der Waals surface area contributed by atoms with E-state index in [9.17, 15) is 9.59 Å². The third-order valence-corrected chi connectivity index (χ3v) is 4.47. The quantitative estimate of drug-likeness (QED) is 0.846. The molecule has 0 bridgehead atoms. The number of methoxy groups -OCH3 is 3. The number of nitrogens with zero attached hydrogens (tertiary/aromatic N) is 1. The van der Waals surface area contributed by atoms with Crippen molar-refractivity contribution in [1.29, 1.82) is 0 Å². The summed E-state index contributed by atoms with van der Waals surface area (Å²) in [4.78, 5) is 26.7. The Bertz CT molecular complexity index is 813. The van der Waals surface area contributed by atoms with Crippen LogP contribution < -0.4 is 24.4 Å². The van der Waals surface area contributed by atoms with Gasteiger partial charge in [-0.05, 0) is 30.7 Å². The summed E-state index contributed by atoms with van der Waals surface area (Å²) >= 11 is 0. The highest BCUT2D eigenvalue weighted by atomic mass is 16.5. The van der Waals surface area contributed by atoms with Crippen molar-refractivity contribution in [3.63, 3.8) is 0 Å². The number of ether oxygens (including phenoxy) is 3. The molecule has 3 rings (SSSR count). The van der Waals surface area contributed by atoms with E-state index in [4.69, 9.17) is 14.2 Å². The van der Waals surface area contributed by atoms with Gasteiger partial charge in [0.2, 0.25) is 11.7 Å². The molecule has 1 saturated heterocycles. The van der Waals surface area contributed by atoms with Gasteiger partial charge in [0, 0.05) is 17.7 Å². The van der Waals surface area contributed by atoms with Crippen molar-refractivity contribution in [2.24, 2.45) is 0 Å². The topological polar surface area (TPSA) is 77.1 Å². The van der Waals surface area contributed by atoms with Crippen molar-refractivity contribution in [2.75, 3.05) is 26.2 Å². The van der Waals surface area contributed by atoms with E-state index in [-0.39, 0.29) is 11.8 Å². The van der Waals surface area contributed by atoms with Crippen LogP contribution in [-0.2, 0) is 4.79 Å². The Kier molecular flexibility index (Phi) is 5.49. The molecule has 0 unspecified atom stereocenters. The summed E-state index contributed by atoms with van der Waals surface area (Å²) < 4.78 is 15.9. The molecule has 7 heteroatoms. The van der Waals surface area contributed by atoms with E-state index < -0.39 is 6.17 Å². The van der Waals surface area contributed by atoms with E-state index in [1.165, 1.54) is 21.3 Å². The number of anilines is 1. The molecule has 1 fully saturated rings. The molecule has 0 spiro atoms. The number of benzene rings is 2. The predicted octanol–water partition coefficient (Wildman–Crippen LogP) is 2.60.